The van der Waals surface area contributed by atoms with Crippen LogP contribution in [0.3, 0.4) is 0 Å². The van der Waals surface area contributed by atoms with Crippen LogP contribution in [0, 0.1) is 0 Å². The number of amides is 2. The maximum Gasteiger partial charge on any atom is 0.239 e. The lowest BCUT2D eigenvalue weighted by Crippen LogP contribution is -2.41. The second-order valence-electron chi connectivity index (χ2n) is 4.34. The molecule has 1 N–H and O–H groups in total. The summed E-state index contributed by atoms with van der Waals surface area (Å²) >= 11 is 5.78. The fourth-order valence-corrected chi connectivity index (χ4v) is 1.71. The van der Waals surface area contributed by atoms with Crippen molar-refractivity contribution in [3.63, 3.8) is 0 Å². The standard InChI is InChI=1S/C14H19ClN2O3/c1-11(18)17(7-8-20-2)10-14(19)16-9-12-3-5-13(15)6-4-12/h3-6H,7-10H2,1-2H3,(H,16,19). The smallest absolute Gasteiger partial charge is 0.239 e. The van der Waals surface area contributed by atoms with E-state index in [0.29, 0.717) is 24.7 Å². The van der Waals surface area contributed by atoms with Gasteiger partial charge in [-0.1, -0.05) is 23.7 Å². The zero-order chi connectivity index (χ0) is 15.0. The molecule has 0 atom stereocenters. The topological polar surface area (TPSA) is 58.6 Å². The van der Waals surface area contributed by atoms with Crippen molar-refractivity contribution in [3.05, 3.63) is 34.9 Å². The average Bonchev–Trinajstić information content (AvgIpc) is 2.42. The molecule has 0 heterocycles. The predicted octanol–water partition coefficient (Wildman–Crippen LogP) is 1.45. The van der Waals surface area contributed by atoms with Gasteiger partial charge >= 0.3 is 0 Å². The Balaban J connectivity index is 2.41. The minimum Gasteiger partial charge on any atom is -0.383 e. The fourth-order valence-electron chi connectivity index (χ4n) is 1.58. The van der Waals surface area contributed by atoms with Crippen molar-refractivity contribution in [1.29, 1.82) is 0 Å². The summed E-state index contributed by atoms with van der Waals surface area (Å²) in [7, 11) is 1.55. The number of hydrogen-bond donors (Lipinski definition) is 1. The van der Waals surface area contributed by atoms with Crippen LogP contribution >= 0.6 is 11.6 Å². The normalized spacial score (nSPS) is 10.2. The molecule has 20 heavy (non-hydrogen) atoms. The van der Waals surface area contributed by atoms with E-state index in [2.05, 4.69) is 5.32 Å². The Morgan fingerprint density at radius 1 is 1.30 bits per heavy atom. The molecule has 0 aliphatic carbocycles. The predicted molar refractivity (Wildman–Crippen MR) is 77.4 cm³/mol. The van der Waals surface area contributed by atoms with E-state index >= 15 is 0 Å². The minimum absolute atomic E-state index is 0.0340. The SMILES string of the molecule is COCCN(CC(=O)NCc1ccc(Cl)cc1)C(C)=O. The first-order valence-electron chi connectivity index (χ1n) is 6.28. The van der Waals surface area contributed by atoms with E-state index in [4.69, 9.17) is 16.3 Å². The molecule has 0 bridgehead atoms. The van der Waals surface area contributed by atoms with Crippen molar-refractivity contribution in [2.45, 2.75) is 13.5 Å². The molecule has 1 rings (SSSR count). The Kier molecular flexibility index (Phi) is 7.04. The van der Waals surface area contributed by atoms with Crippen molar-refractivity contribution in [3.8, 4) is 0 Å². The fraction of sp³-hybridized carbons (Fsp3) is 0.429. The minimum atomic E-state index is -0.203. The largest absolute Gasteiger partial charge is 0.383 e. The highest BCUT2D eigenvalue weighted by atomic mass is 35.5. The molecule has 0 unspecified atom stereocenters. The highest BCUT2D eigenvalue weighted by Gasteiger charge is 2.12. The number of carbonyl (C=O) groups is 2. The van der Waals surface area contributed by atoms with Gasteiger partial charge in [0.25, 0.3) is 0 Å². The molecule has 6 heteroatoms. The first kappa shape index (κ1) is 16.5. The molecule has 0 aromatic heterocycles. The Morgan fingerprint density at radius 3 is 2.50 bits per heavy atom. The first-order valence-corrected chi connectivity index (χ1v) is 6.66. The van der Waals surface area contributed by atoms with Gasteiger partial charge in [-0.15, -0.1) is 0 Å². The summed E-state index contributed by atoms with van der Waals surface area (Å²) in [6.07, 6.45) is 0. The van der Waals surface area contributed by atoms with E-state index in [1.54, 1.807) is 19.2 Å². The van der Waals surface area contributed by atoms with Crippen molar-refractivity contribution in [2.24, 2.45) is 0 Å². The van der Waals surface area contributed by atoms with Crippen molar-refractivity contribution >= 4 is 23.4 Å². The Morgan fingerprint density at radius 2 is 1.95 bits per heavy atom. The number of nitrogens with zero attached hydrogens (tertiary/aromatic N) is 1. The number of halogens is 1. The van der Waals surface area contributed by atoms with Gasteiger partial charge in [0.1, 0.15) is 0 Å². The molecule has 0 saturated heterocycles. The molecule has 1 aromatic rings. The number of nitrogens with one attached hydrogen (secondary N) is 1. The van der Waals surface area contributed by atoms with E-state index in [0.717, 1.165) is 5.56 Å². The summed E-state index contributed by atoms with van der Waals surface area (Å²) in [4.78, 5) is 24.6. The van der Waals surface area contributed by atoms with Crippen LogP contribution in [-0.2, 0) is 20.9 Å². The van der Waals surface area contributed by atoms with Crippen LogP contribution in [0.2, 0.25) is 5.02 Å². The molecule has 0 aliphatic heterocycles. The van der Waals surface area contributed by atoms with E-state index in [1.165, 1.54) is 11.8 Å². The molecule has 110 valence electrons. The summed E-state index contributed by atoms with van der Waals surface area (Å²) in [5.41, 5.74) is 0.953. The van der Waals surface area contributed by atoms with Gasteiger partial charge in [0.15, 0.2) is 0 Å². The maximum absolute atomic E-state index is 11.8. The van der Waals surface area contributed by atoms with Gasteiger partial charge in [0.05, 0.1) is 13.2 Å². The van der Waals surface area contributed by atoms with Crippen LogP contribution in [0.4, 0.5) is 0 Å². The van der Waals surface area contributed by atoms with Crippen molar-refractivity contribution < 1.29 is 14.3 Å². The van der Waals surface area contributed by atoms with Gasteiger partial charge in [-0.25, -0.2) is 0 Å². The summed E-state index contributed by atoms with van der Waals surface area (Å²) in [6.45, 7) is 2.69. The second kappa shape index (κ2) is 8.55. The van der Waals surface area contributed by atoms with E-state index in [-0.39, 0.29) is 18.4 Å². The zero-order valence-electron chi connectivity index (χ0n) is 11.7. The third-order valence-corrected chi connectivity index (χ3v) is 3.00. The zero-order valence-corrected chi connectivity index (χ0v) is 12.4. The third-order valence-electron chi connectivity index (χ3n) is 2.75. The van der Waals surface area contributed by atoms with Crippen LogP contribution < -0.4 is 5.32 Å². The van der Waals surface area contributed by atoms with E-state index in [9.17, 15) is 9.59 Å². The van der Waals surface area contributed by atoms with E-state index in [1.807, 2.05) is 12.1 Å². The Bertz CT molecular complexity index is 448. The van der Waals surface area contributed by atoms with Crippen LogP contribution in [0.15, 0.2) is 24.3 Å². The van der Waals surface area contributed by atoms with Crippen LogP contribution in [-0.4, -0.2) is 43.5 Å². The molecule has 2 amide bonds. The molecule has 1 aromatic carbocycles. The number of rotatable bonds is 7. The van der Waals surface area contributed by atoms with Crippen LogP contribution in [0.1, 0.15) is 12.5 Å². The number of hydrogen-bond acceptors (Lipinski definition) is 3. The molecule has 0 radical (unpaired) electrons. The number of ether oxygens (including phenoxy) is 1. The van der Waals surface area contributed by atoms with Gasteiger partial charge < -0.3 is 15.0 Å². The molecule has 0 spiro atoms. The van der Waals surface area contributed by atoms with Gasteiger partial charge in [0, 0.05) is 32.1 Å². The Hall–Kier alpha value is -1.59. The average molecular weight is 299 g/mol. The molecular formula is C14H19ClN2O3. The second-order valence-corrected chi connectivity index (χ2v) is 4.77. The lowest BCUT2D eigenvalue weighted by molar-refractivity contribution is -0.135. The van der Waals surface area contributed by atoms with Gasteiger partial charge in [0.2, 0.25) is 11.8 Å². The summed E-state index contributed by atoms with van der Waals surface area (Å²) < 4.78 is 4.91. The first-order chi connectivity index (χ1) is 9.52. The number of benzene rings is 1. The van der Waals surface area contributed by atoms with Gasteiger partial charge in [-0.3, -0.25) is 9.59 Å². The molecule has 0 saturated carbocycles. The van der Waals surface area contributed by atoms with Crippen LogP contribution in [0.5, 0.6) is 0 Å². The highest BCUT2D eigenvalue weighted by Crippen LogP contribution is 2.09. The summed E-state index contributed by atoms with van der Waals surface area (Å²) in [5.74, 6) is -0.352. The van der Waals surface area contributed by atoms with Crippen LogP contribution in [0.25, 0.3) is 0 Å². The van der Waals surface area contributed by atoms with Crippen molar-refractivity contribution in [2.75, 3.05) is 26.8 Å². The molecule has 0 aliphatic rings. The molecule has 5 nitrogen and oxygen atoms in total. The monoisotopic (exact) mass is 298 g/mol. The highest BCUT2D eigenvalue weighted by molar-refractivity contribution is 6.30. The summed E-state index contributed by atoms with van der Waals surface area (Å²) in [6, 6.07) is 7.22. The number of methoxy groups -OCH3 is 1. The third kappa shape index (κ3) is 6.04. The molecule has 0 fully saturated rings. The van der Waals surface area contributed by atoms with Gasteiger partial charge in [-0.2, -0.15) is 0 Å². The maximum atomic E-state index is 11.8. The number of carbonyl (C=O) groups excluding carboxylic acids is 2. The van der Waals surface area contributed by atoms with Gasteiger partial charge in [-0.05, 0) is 17.7 Å². The lowest BCUT2D eigenvalue weighted by Gasteiger charge is -2.20. The quantitative estimate of drug-likeness (QED) is 0.829. The molecular weight excluding hydrogens is 280 g/mol. The summed E-state index contributed by atoms with van der Waals surface area (Å²) in [5, 5.41) is 3.42. The van der Waals surface area contributed by atoms with E-state index < -0.39 is 0 Å². The lowest BCUT2D eigenvalue weighted by atomic mass is 10.2. The Labute approximate surface area is 123 Å². The van der Waals surface area contributed by atoms with Crippen molar-refractivity contribution in [1.82, 2.24) is 10.2 Å².